The number of benzene rings is 1. The van der Waals surface area contributed by atoms with Gasteiger partial charge in [0.05, 0.1) is 6.10 Å². The van der Waals surface area contributed by atoms with Gasteiger partial charge >= 0.3 is 0 Å². The summed E-state index contributed by atoms with van der Waals surface area (Å²) >= 11 is 0. The van der Waals surface area contributed by atoms with Gasteiger partial charge in [-0.05, 0) is 25.5 Å². The number of amides is 1. The molecule has 1 saturated carbocycles. The van der Waals surface area contributed by atoms with E-state index in [1.165, 1.54) is 0 Å². The average Bonchev–Trinajstić information content (AvgIpc) is 2.44. The van der Waals surface area contributed by atoms with Crippen LogP contribution in [0.4, 0.5) is 5.69 Å². The Morgan fingerprint density at radius 2 is 2.24 bits per heavy atom. The highest BCUT2D eigenvalue weighted by Gasteiger charge is 2.49. The predicted octanol–water partition coefficient (Wildman–Crippen LogP) is 1.97. The molecular formula is C16H24N2O3. The van der Waals surface area contributed by atoms with E-state index in [4.69, 9.17) is 15.2 Å². The molecule has 0 heterocycles. The molecule has 1 aromatic carbocycles. The van der Waals surface area contributed by atoms with Crippen LogP contribution in [0.5, 0.6) is 5.75 Å². The van der Waals surface area contributed by atoms with Crippen LogP contribution < -0.4 is 15.8 Å². The Kier molecular flexibility index (Phi) is 4.73. The van der Waals surface area contributed by atoms with Crippen molar-refractivity contribution >= 4 is 11.6 Å². The maximum atomic E-state index is 11.9. The first-order valence-corrected chi connectivity index (χ1v) is 7.32. The van der Waals surface area contributed by atoms with Crippen molar-refractivity contribution in [2.75, 3.05) is 18.9 Å². The molecule has 1 amide bonds. The number of hydrogen-bond acceptors (Lipinski definition) is 4. The Labute approximate surface area is 125 Å². The van der Waals surface area contributed by atoms with E-state index in [1.807, 2.05) is 6.92 Å². The molecule has 1 aliphatic carbocycles. The largest absolute Gasteiger partial charge is 0.484 e. The lowest BCUT2D eigenvalue weighted by atomic mass is 9.64. The van der Waals surface area contributed by atoms with Crippen molar-refractivity contribution in [1.82, 2.24) is 5.32 Å². The highest BCUT2D eigenvalue weighted by atomic mass is 16.5. The molecular weight excluding hydrogens is 268 g/mol. The van der Waals surface area contributed by atoms with Gasteiger partial charge in [0.25, 0.3) is 5.91 Å². The summed E-state index contributed by atoms with van der Waals surface area (Å²) in [7, 11) is 0. The molecule has 0 saturated heterocycles. The number of nitrogens with one attached hydrogen (secondary N) is 1. The van der Waals surface area contributed by atoms with Crippen molar-refractivity contribution in [1.29, 1.82) is 0 Å². The van der Waals surface area contributed by atoms with E-state index in [2.05, 4.69) is 19.2 Å². The van der Waals surface area contributed by atoms with Crippen molar-refractivity contribution in [3.63, 3.8) is 0 Å². The van der Waals surface area contributed by atoms with Crippen LogP contribution in [0.3, 0.4) is 0 Å². The molecule has 5 nitrogen and oxygen atoms in total. The van der Waals surface area contributed by atoms with E-state index in [0.29, 0.717) is 18.0 Å². The van der Waals surface area contributed by atoms with E-state index >= 15 is 0 Å². The maximum absolute atomic E-state index is 11.9. The number of hydrogen-bond donors (Lipinski definition) is 2. The van der Waals surface area contributed by atoms with Gasteiger partial charge in [-0.1, -0.05) is 19.9 Å². The van der Waals surface area contributed by atoms with Crippen LogP contribution in [0, 0.1) is 5.41 Å². The Hall–Kier alpha value is -1.75. The van der Waals surface area contributed by atoms with E-state index in [0.717, 1.165) is 6.42 Å². The highest BCUT2D eigenvalue weighted by Crippen LogP contribution is 2.42. The lowest BCUT2D eigenvalue weighted by molar-refractivity contribution is -0.138. The first-order chi connectivity index (χ1) is 9.93. The minimum atomic E-state index is -0.120. The van der Waals surface area contributed by atoms with Gasteiger partial charge in [-0.3, -0.25) is 4.79 Å². The third kappa shape index (κ3) is 3.67. The SMILES string of the molecule is CCOC1CC(NC(=O)COc2cccc(N)c2)C1(C)C. The van der Waals surface area contributed by atoms with Crippen LogP contribution in [0.15, 0.2) is 24.3 Å². The zero-order chi connectivity index (χ0) is 15.5. The van der Waals surface area contributed by atoms with Crippen LogP contribution in [0.1, 0.15) is 27.2 Å². The van der Waals surface area contributed by atoms with Gasteiger partial charge in [-0.2, -0.15) is 0 Å². The zero-order valence-electron chi connectivity index (χ0n) is 12.9. The van der Waals surface area contributed by atoms with E-state index in [-0.39, 0.29) is 30.1 Å². The highest BCUT2D eigenvalue weighted by molar-refractivity contribution is 5.78. The quantitative estimate of drug-likeness (QED) is 0.786. The van der Waals surface area contributed by atoms with Crippen LogP contribution in [0.25, 0.3) is 0 Å². The average molecular weight is 292 g/mol. The number of carbonyl (C=O) groups is 1. The molecule has 0 aromatic heterocycles. The van der Waals surface area contributed by atoms with Gasteiger partial charge in [-0.25, -0.2) is 0 Å². The monoisotopic (exact) mass is 292 g/mol. The second kappa shape index (κ2) is 6.35. The molecule has 1 fully saturated rings. The van der Waals surface area contributed by atoms with Crippen LogP contribution in [0.2, 0.25) is 0 Å². The van der Waals surface area contributed by atoms with E-state index in [1.54, 1.807) is 24.3 Å². The molecule has 2 unspecified atom stereocenters. The van der Waals surface area contributed by atoms with Gasteiger partial charge in [0.2, 0.25) is 0 Å². The summed E-state index contributed by atoms with van der Waals surface area (Å²) in [5.74, 6) is 0.482. The van der Waals surface area contributed by atoms with E-state index in [9.17, 15) is 4.79 Å². The predicted molar refractivity (Wildman–Crippen MR) is 82.1 cm³/mol. The number of nitrogen functional groups attached to an aromatic ring is 1. The molecule has 5 heteroatoms. The molecule has 0 aliphatic heterocycles. The van der Waals surface area contributed by atoms with Crippen molar-refractivity contribution in [3.8, 4) is 5.75 Å². The summed E-state index contributed by atoms with van der Waals surface area (Å²) in [6.07, 6.45) is 1.06. The van der Waals surface area contributed by atoms with Gasteiger partial charge in [-0.15, -0.1) is 0 Å². The third-order valence-electron chi connectivity index (χ3n) is 4.11. The minimum absolute atomic E-state index is 0.00463. The molecule has 3 N–H and O–H groups in total. The van der Waals surface area contributed by atoms with Crippen LogP contribution >= 0.6 is 0 Å². The normalized spacial score (nSPS) is 23.2. The van der Waals surface area contributed by atoms with Gasteiger partial charge in [0.15, 0.2) is 6.61 Å². The standard InChI is InChI=1S/C16H24N2O3/c1-4-20-14-9-13(16(14,2)3)18-15(19)10-21-12-7-5-6-11(17)8-12/h5-8,13-14H,4,9-10,17H2,1-3H3,(H,18,19). The molecule has 2 atom stereocenters. The van der Waals surface area contributed by atoms with Crippen molar-refractivity contribution < 1.29 is 14.3 Å². The molecule has 0 bridgehead atoms. The Morgan fingerprint density at radius 3 is 2.86 bits per heavy atom. The van der Waals surface area contributed by atoms with Gasteiger partial charge in [0.1, 0.15) is 5.75 Å². The van der Waals surface area contributed by atoms with Gasteiger partial charge in [0, 0.05) is 29.8 Å². The summed E-state index contributed by atoms with van der Waals surface area (Å²) in [4.78, 5) is 11.9. The molecule has 1 aliphatic rings. The molecule has 0 spiro atoms. The first kappa shape index (κ1) is 15.6. The third-order valence-corrected chi connectivity index (χ3v) is 4.11. The van der Waals surface area contributed by atoms with Crippen molar-refractivity contribution in [3.05, 3.63) is 24.3 Å². The topological polar surface area (TPSA) is 73.6 Å². The molecule has 1 aromatic rings. The smallest absolute Gasteiger partial charge is 0.258 e. The number of ether oxygens (including phenoxy) is 2. The Morgan fingerprint density at radius 1 is 1.48 bits per heavy atom. The first-order valence-electron chi connectivity index (χ1n) is 7.32. The summed E-state index contributed by atoms with van der Waals surface area (Å²) in [5, 5.41) is 3.00. The molecule has 2 rings (SSSR count). The Balaban J connectivity index is 1.78. The second-order valence-electron chi connectivity index (χ2n) is 5.98. The number of carbonyl (C=O) groups excluding carboxylic acids is 1. The number of anilines is 1. The van der Waals surface area contributed by atoms with Crippen LogP contribution in [-0.2, 0) is 9.53 Å². The van der Waals surface area contributed by atoms with Crippen LogP contribution in [-0.4, -0.2) is 31.3 Å². The lowest BCUT2D eigenvalue weighted by Gasteiger charge is -2.51. The summed E-state index contributed by atoms with van der Waals surface area (Å²) in [6.45, 7) is 6.91. The fourth-order valence-electron chi connectivity index (χ4n) is 2.60. The van der Waals surface area contributed by atoms with E-state index < -0.39 is 0 Å². The number of nitrogens with two attached hydrogens (primary N) is 1. The summed E-state index contributed by atoms with van der Waals surface area (Å²) in [5.41, 5.74) is 6.24. The Bertz CT molecular complexity index is 502. The van der Waals surface area contributed by atoms with Crippen molar-refractivity contribution in [2.45, 2.75) is 39.3 Å². The fraction of sp³-hybridized carbons (Fsp3) is 0.562. The second-order valence-corrected chi connectivity index (χ2v) is 5.98. The maximum Gasteiger partial charge on any atom is 0.258 e. The van der Waals surface area contributed by atoms with Gasteiger partial charge < -0.3 is 20.5 Å². The molecule has 0 radical (unpaired) electrons. The minimum Gasteiger partial charge on any atom is -0.484 e. The molecule has 116 valence electrons. The zero-order valence-corrected chi connectivity index (χ0v) is 12.9. The lowest BCUT2D eigenvalue weighted by Crippen LogP contribution is -2.62. The summed E-state index contributed by atoms with van der Waals surface area (Å²) in [6, 6.07) is 7.18. The number of rotatable bonds is 6. The van der Waals surface area contributed by atoms with Crippen molar-refractivity contribution in [2.24, 2.45) is 5.41 Å². The fourth-order valence-corrected chi connectivity index (χ4v) is 2.60. The molecule has 21 heavy (non-hydrogen) atoms. The summed E-state index contributed by atoms with van der Waals surface area (Å²) < 4.78 is 11.1.